The van der Waals surface area contributed by atoms with Crippen molar-refractivity contribution >= 4 is 12.0 Å². The van der Waals surface area contributed by atoms with E-state index in [-0.39, 0.29) is 31.1 Å². The Morgan fingerprint density at radius 3 is 2.82 bits per heavy atom. The fourth-order valence-electron chi connectivity index (χ4n) is 2.83. The summed E-state index contributed by atoms with van der Waals surface area (Å²) in [7, 11) is 0. The van der Waals surface area contributed by atoms with E-state index in [4.69, 9.17) is 4.74 Å². The molecule has 1 aliphatic carbocycles. The number of ether oxygens (including phenoxy) is 1. The zero-order valence-corrected chi connectivity index (χ0v) is 12.9. The van der Waals surface area contributed by atoms with Gasteiger partial charge in [-0.15, -0.1) is 0 Å². The number of nitrogens with one attached hydrogen (secondary N) is 1. The quantitative estimate of drug-likeness (QED) is 0.760. The van der Waals surface area contributed by atoms with E-state index in [0.29, 0.717) is 6.61 Å². The minimum absolute atomic E-state index is 0.0633. The largest absolute Gasteiger partial charge is 0.396 e. The highest BCUT2D eigenvalue weighted by atomic mass is 16.5. The molecule has 1 aromatic rings. The molecule has 0 spiro atoms. The van der Waals surface area contributed by atoms with E-state index in [1.54, 1.807) is 0 Å². The van der Waals surface area contributed by atoms with Gasteiger partial charge in [-0.05, 0) is 18.4 Å². The molecule has 0 aromatic heterocycles. The van der Waals surface area contributed by atoms with Gasteiger partial charge in [0, 0.05) is 18.6 Å². The zero-order valence-electron chi connectivity index (χ0n) is 12.9. The van der Waals surface area contributed by atoms with Crippen LogP contribution in [0.4, 0.5) is 0 Å². The van der Waals surface area contributed by atoms with Gasteiger partial charge in [-0.25, -0.2) is 0 Å². The van der Waals surface area contributed by atoms with Gasteiger partial charge in [0.1, 0.15) is 6.61 Å². The molecule has 120 valence electrons. The average Bonchev–Trinajstić information content (AvgIpc) is 2.56. The van der Waals surface area contributed by atoms with Crippen LogP contribution in [0.1, 0.15) is 31.2 Å². The molecule has 22 heavy (non-hydrogen) atoms. The maximum absolute atomic E-state index is 11.9. The Bertz CT molecular complexity index is 472. The minimum Gasteiger partial charge on any atom is -0.396 e. The van der Waals surface area contributed by atoms with Crippen molar-refractivity contribution in [3.05, 3.63) is 42.0 Å². The lowest BCUT2D eigenvalue weighted by atomic mass is 9.85. The van der Waals surface area contributed by atoms with E-state index < -0.39 is 0 Å². The van der Waals surface area contributed by atoms with Gasteiger partial charge >= 0.3 is 0 Å². The number of aliphatic hydroxyl groups excluding tert-OH is 1. The summed E-state index contributed by atoms with van der Waals surface area (Å²) in [5.41, 5.74) is 1.11. The first-order valence-corrected chi connectivity index (χ1v) is 7.99. The number of hydrogen-bond acceptors (Lipinski definition) is 3. The van der Waals surface area contributed by atoms with Gasteiger partial charge in [0.15, 0.2) is 0 Å². The molecule has 4 heteroatoms. The zero-order chi connectivity index (χ0) is 15.6. The lowest BCUT2D eigenvalue weighted by Gasteiger charge is -2.30. The second-order valence-corrected chi connectivity index (χ2v) is 5.73. The third-order valence-electron chi connectivity index (χ3n) is 4.05. The van der Waals surface area contributed by atoms with E-state index in [2.05, 4.69) is 5.32 Å². The summed E-state index contributed by atoms with van der Waals surface area (Å²) in [5.74, 6) is 0.0918. The Morgan fingerprint density at radius 1 is 1.27 bits per heavy atom. The van der Waals surface area contributed by atoms with E-state index in [1.165, 1.54) is 0 Å². The summed E-state index contributed by atoms with van der Waals surface area (Å²) in [6.45, 7) is 0.621. The fraction of sp³-hybridized carbons (Fsp3) is 0.500. The van der Waals surface area contributed by atoms with Crippen LogP contribution in [0.25, 0.3) is 6.08 Å². The molecular weight excluding hydrogens is 278 g/mol. The van der Waals surface area contributed by atoms with Gasteiger partial charge in [-0.1, -0.05) is 55.3 Å². The molecule has 1 fully saturated rings. The fourth-order valence-corrected chi connectivity index (χ4v) is 2.83. The van der Waals surface area contributed by atoms with Crippen molar-refractivity contribution in [3.63, 3.8) is 0 Å². The first-order valence-electron chi connectivity index (χ1n) is 7.99. The molecule has 2 unspecified atom stereocenters. The number of hydrogen-bond donors (Lipinski definition) is 2. The Hall–Kier alpha value is -1.65. The van der Waals surface area contributed by atoms with E-state index >= 15 is 0 Å². The van der Waals surface area contributed by atoms with Gasteiger partial charge in [0.05, 0.1) is 6.61 Å². The van der Waals surface area contributed by atoms with Gasteiger partial charge in [0.2, 0.25) is 5.91 Å². The van der Waals surface area contributed by atoms with Gasteiger partial charge < -0.3 is 15.2 Å². The molecule has 0 heterocycles. The molecule has 2 N–H and O–H groups in total. The van der Waals surface area contributed by atoms with Crippen LogP contribution in [0.5, 0.6) is 0 Å². The van der Waals surface area contributed by atoms with Gasteiger partial charge in [0.25, 0.3) is 0 Å². The molecular formula is C18H25NO3. The van der Waals surface area contributed by atoms with Crippen LogP contribution in [0.2, 0.25) is 0 Å². The number of aliphatic hydroxyl groups is 1. The van der Waals surface area contributed by atoms with Crippen LogP contribution in [-0.4, -0.2) is 36.9 Å². The number of carbonyl (C=O) groups excluding carboxylic acids is 1. The van der Waals surface area contributed by atoms with Crippen molar-refractivity contribution in [1.82, 2.24) is 5.32 Å². The SMILES string of the molecule is O=C(COC/C=C/c1ccccc1)NC1CCCCC1CO. The summed E-state index contributed by atoms with van der Waals surface area (Å²) < 4.78 is 5.37. The number of benzene rings is 1. The number of amides is 1. The highest BCUT2D eigenvalue weighted by molar-refractivity contribution is 5.77. The van der Waals surface area contributed by atoms with Crippen LogP contribution in [0.15, 0.2) is 36.4 Å². The summed E-state index contributed by atoms with van der Waals surface area (Å²) in [4.78, 5) is 11.9. The first-order chi connectivity index (χ1) is 10.8. The smallest absolute Gasteiger partial charge is 0.246 e. The summed E-state index contributed by atoms with van der Waals surface area (Å²) in [6, 6.07) is 10.1. The van der Waals surface area contributed by atoms with Gasteiger partial charge in [-0.3, -0.25) is 4.79 Å². The summed E-state index contributed by atoms with van der Waals surface area (Å²) in [6.07, 6.45) is 8.06. The summed E-state index contributed by atoms with van der Waals surface area (Å²) in [5, 5.41) is 12.3. The second kappa shape index (κ2) is 9.38. The maximum Gasteiger partial charge on any atom is 0.246 e. The Morgan fingerprint density at radius 2 is 2.05 bits per heavy atom. The van der Waals surface area contributed by atoms with Crippen LogP contribution in [0.3, 0.4) is 0 Å². The Balaban J connectivity index is 1.64. The standard InChI is InChI=1S/C18H25NO3/c20-13-16-10-4-5-11-17(16)19-18(21)14-22-12-6-9-15-7-2-1-3-8-15/h1-3,6-9,16-17,20H,4-5,10-14H2,(H,19,21)/b9-6+. The van der Waals surface area contributed by atoms with Crippen LogP contribution in [-0.2, 0) is 9.53 Å². The monoisotopic (exact) mass is 303 g/mol. The maximum atomic E-state index is 11.9. The Labute approximate surface area is 132 Å². The third-order valence-corrected chi connectivity index (χ3v) is 4.05. The van der Waals surface area contributed by atoms with Crippen molar-refractivity contribution in [2.75, 3.05) is 19.8 Å². The van der Waals surface area contributed by atoms with E-state index in [9.17, 15) is 9.90 Å². The molecule has 2 rings (SSSR count). The first kappa shape index (κ1) is 16.7. The van der Waals surface area contributed by atoms with E-state index in [1.807, 2.05) is 42.5 Å². The van der Waals surface area contributed by atoms with Crippen molar-refractivity contribution < 1.29 is 14.6 Å². The van der Waals surface area contributed by atoms with Crippen LogP contribution >= 0.6 is 0 Å². The molecule has 2 atom stereocenters. The molecule has 1 aliphatic rings. The molecule has 1 amide bonds. The summed E-state index contributed by atoms with van der Waals surface area (Å²) >= 11 is 0. The van der Waals surface area contributed by atoms with Gasteiger partial charge in [-0.2, -0.15) is 0 Å². The third kappa shape index (κ3) is 5.62. The topological polar surface area (TPSA) is 58.6 Å². The molecule has 4 nitrogen and oxygen atoms in total. The van der Waals surface area contributed by atoms with Crippen molar-refractivity contribution in [2.45, 2.75) is 31.7 Å². The van der Waals surface area contributed by atoms with Crippen molar-refractivity contribution in [3.8, 4) is 0 Å². The highest BCUT2D eigenvalue weighted by Gasteiger charge is 2.25. The molecule has 1 aromatic carbocycles. The van der Waals surface area contributed by atoms with E-state index in [0.717, 1.165) is 31.2 Å². The predicted octanol–water partition coefficient (Wildman–Crippen LogP) is 2.38. The van der Waals surface area contributed by atoms with Crippen LogP contribution < -0.4 is 5.32 Å². The van der Waals surface area contributed by atoms with Crippen LogP contribution in [0, 0.1) is 5.92 Å². The molecule has 1 saturated carbocycles. The lowest BCUT2D eigenvalue weighted by molar-refractivity contribution is -0.126. The normalized spacial score (nSPS) is 21.9. The lowest BCUT2D eigenvalue weighted by Crippen LogP contribution is -2.44. The molecule has 0 saturated heterocycles. The van der Waals surface area contributed by atoms with Crippen molar-refractivity contribution in [1.29, 1.82) is 0 Å². The Kier molecular flexibility index (Phi) is 7.13. The average molecular weight is 303 g/mol. The number of carbonyl (C=O) groups is 1. The molecule has 0 aliphatic heterocycles. The highest BCUT2D eigenvalue weighted by Crippen LogP contribution is 2.23. The number of rotatable bonds is 7. The predicted molar refractivity (Wildman–Crippen MR) is 87.3 cm³/mol. The minimum atomic E-state index is -0.0986. The molecule has 0 radical (unpaired) electrons. The molecule has 0 bridgehead atoms. The van der Waals surface area contributed by atoms with Crippen molar-refractivity contribution in [2.24, 2.45) is 5.92 Å². The second-order valence-electron chi connectivity index (χ2n) is 5.73.